The van der Waals surface area contributed by atoms with Crippen molar-refractivity contribution in [1.82, 2.24) is 4.98 Å². The fraction of sp³-hybridized carbons (Fsp3) is 0.409. The molecule has 1 fully saturated rings. The van der Waals surface area contributed by atoms with E-state index in [4.69, 9.17) is 26.2 Å². The Bertz CT molecular complexity index is 1220. The molecule has 1 aromatic heterocycles. The van der Waals surface area contributed by atoms with E-state index in [0.29, 0.717) is 5.82 Å². The number of pyridine rings is 1. The molecule has 2 aromatic rings. The molecule has 15 heteroatoms. The highest BCUT2D eigenvalue weighted by atomic mass is 35.5. The first-order valence-electron chi connectivity index (χ1n) is 10.9. The second-order valence-electron chi connectivity index (χ2n) is 7.86. The summed E-state index contributed by atoms with van der Waals surface area (Å²) in [5.74, 6) is -3.45. The number of anilines is 2. The normalized spacial score (nSPS) is 14.5. The summed E-state index contributed by atoms with van der Waals surface area (Å²) < 4.78 is 64.9. The lowest BCUT2D eigenvalue weighted by atomic mass is 10.1. The van der Waals surface area contributed by atoms with Crippen molar-refractivity contribution in [1.29, 1.82) is 0 Å². The number of halogens is 4. The number of benzene rings is 1. The highest BCUT2D eigenvalue weighted by Crippen LogP contribution is 2.30. The van der Waals surface area contributed by atoms with Crippen LogP contribution in [0, 0.1) is 0 Å². The van der Waals surface area contributed by atoms with E-state index in [9.17, 15) is 31.5 Å². The van der Waals surface area contributed by atoms with Crippen LogP contribution in [0.25, 0.3) is 0 Å². The molecule has 0 amide bonds. The molecular weight excluding hydrogens is 543 g/mol. The number of nitrogens with one attached hydrogen (secondary N) is 1. The molecule has 0 unspecified atom stereocenters. The SMILES string of the molecule is COc1ccc(Cl)cc1S(=O)(=O)Nc1cnc(N2CCCCCCC2)c(C(=O)O)c1.O=C(O)C(F)(F)F. The maximum absolute atomic E-state index is 12.8. The topological polar surface area (TPSA) is 146 Å². The molecule has 1 aromatic carbocycles. The van der Waals surface area contributed by atoms with Crippen molar-refractivity contribution < 1.29 is 46.1 Å². The van der Waals surface area contributed by atoms with E-state index >= 15 is 0 Å². The van der Waals surface area contributed by atoms with Crippen LogP contribution in [0.2, 0.25) is 5.02 Å². The molecule has 0 saturated carbocycles. The van der Waals surface area contributed by atoms with Gasteiger partial charge in [0, 0.05) is 18.1 Å². The Morgan fingerprint density at radius 3 is 2.16 bits per heavy atom. The number of alkyl halides is 3. The molecule has 1 aliphatic heterocycles. The molecule has 0 spiro atoms. The summed E-state index contributed by atoms with van der Waals surface area (Å²) in [6, 6.07) is 5.52. The van der Waals surface area contributed by atoms with Crippen LogP contribution in [0.1, 0.15) is 42.5 Å². The quantitative estimate of drug-likeness (QED) is 0.454. The van der Waals surface area contributed by atoms with Gasteiger partial charge in [-0.15, -0.1) is 0 Å². The highest BCUT2D eigenvalue weighted by molar-refractivity contribution is 7.92. The van der Waals surface area contributed by atoms with Crippen LogP contribution in [0.15, 0.2) is 35.4 Å². The van der Waals surface area contributed by atoms with Gasteiger partial charge in [0.05, 0.1) is 19.0 Å². The average Bonchev–Trinajstić information content (AvgIpc) is 2.78. The van der Waals surface area contributed by atoms with E-state index in [1.807, 2.05) is 4.90 Å². The third kappa shape index (κ3) is 8.67. The molecule has 1 saturated heterocycles. The summed E-state index contributed by atoms with van der Waals surface area (Å²) in [5, 5.41) is 17.1. The summed E-state index contributed by atoms with van der Waals surface area (Å²) >= 11 is 5.94. The number of aromatic carboxylic acids is 1. The number of ether oxygens (including phenoxy) is 1. The predicted octanol–water partition coefficient (Wildman–Crippen LogP) is 4.65. The van der Waals surface area contributed by atoms with Gasteiger partial charge in [-0.05, 0) is 37.1 Å². The van der Waals surface area contributed by atoms with Crippen molar-refractivity contribution in [2.45, 2.75) is 43.2 Å². The molecule has 10 nitrogen and oxygen atoms in total. The third-order valence-corrected chi connectivity index (χ3v) is 6.80. The van der Waals surface area contributed by atoms with Gasteiger partial charge >= 0.3 is 18.1 Å². The zero-order valence-electron chi connectivity index (χ0n) is 19.6. The zero-order valence-corrected chi connectivity index (χ0v) is 21.2. The summed E-state index contributed by atoms with van der Waals surface area (Å²) in [6.07, 6.45) is 1.54. The van der Waals surface area contributed by atoms with Crippen LogP contribution in [-0.4, -0.2) is 61.9 Å². The molecule has 1 aliphatic rings. The lowest BCUT2D eigenvalue weighted by Gasteiger charge is -2.27. The first-order chi connectivity index (χ1) is 17.3. The maximum Gasteiger partial charge on any atom is 0.490 e. The Hall–Kier alpha value is -3.26. The minimum absolute atomic E-state index is 0.0465. The monoisotopic (exact) mass is 567 g/mol. The molecule has 0 radical (unpaired) electrons. The molecule has 204 valence electrons. The van der Waals surface area contributed by atoms with Gasteiger partial charge in [-0.1, -0.05) is 30.9 Å². The standard InChI is InChI=1S/C20H24ClN3O5S.C2HF3O2/c1-29-17-8-7-14(21)11-18(17)30(27,28)23-15-12-16(20(25)26)19(22-13-15)24-9-5-3-2-4-6-10-24;3-2(4,5)1(6)7/h7-8,11-13,23H,2-6,9-10H2,1H3,(H,25,26);(H,6,7). The molecule has 0 aliphatic carbocycles. The van der Waals surface area contributed by atoms with Crippen LogP contribution >= 0.6 is 11.6 Å². The number of carboxylic acid groups (broad SMARTS) is 2. The first kappa shape index (κ1) is 30.0. The third-order valence-electron chi connectivity index (χ3n) is 5.16. The van der Waals surface area contributed by atoms with Gasteiger partial charge in [0.1, 0.15) is 22.0 Å². The summed E-state index contributed by atoms with van der Waals surface area (Å²) in [4.78, 5) is 26.9. The van der Waals surface area contributed by atoms with Crippen LogP contribution in [-0.2, 0) is 14.8 Å². The molecule has 0 atom stereocenters. The van der Waals surface area contributed by atoms with Crippen molar-refractivity contribution in [3.05, 3.63) is 41.0 Å². The second kappa shape index (κ2) is 12.8. The first-order valence-corrected chi connectivity index (χ1v) is 12.8. The Morgan fingerprint density at radius 1 is 1.08 bits per heavy atom. The van der Waals surface area contributed by atoms with Crippen LogP contribution < -0.4 is 14.4 Å². The Morgan fingerprint density at radius 2 is 1.65 bits per heavy atom. The predicted molar refractivity (Wildman–Crippen MR) is 129 cm³/mol. The van der Waals surface area contributed by atoms with E-state index in [1.54, 1.807) is 0 Å². The number of rotatable bonds is 6. The Labute approximate surface area is 216 Å². The lowest BCUT2D eigenvalue weighted by Crippen LogP contribution is -2.29. The maximum atomic E-state index is 12.8. The number of methoxy groups -OCH3 is 1. The lowest BCUT2D eigenvalue weighted by molar-refractivity contribution is -0.192. The molecule has 2 heterocycles. The van der Waals surface area contributed by atoms with Crippen molar-refractivity contribution in [2.75, 3.05) is 29.8 Å². The van der Waals surface area contributed by atoms with Crippen LogP contribution in [0.5, 0.6) is 5.75 Å². The van der Waals surface area contributed by atoms with E-state index < -0.39 is 28.1 Å². The second-order valence-corrected chi connectivity index (χ2v) is 9.95. The summed E-state index contributed by atoms with van der Waals surface area (Å²) in [5.41, 5.74) is -0.000875. The number of aliphatic carboxylic acids is 1. The number of carboxylic acids is 2. The molecule has 3 N–H and O–H groups in total. The van der Waals surface area contributed by atoms with Gasteiger partial charge in [0.15, 0.2) is 0 Å². The Kier molecular flexibility index (Phi) is 10.4. The van der Waals surface area contributed by atoms with E-state index in [-0.39, 0.29) is 26.9 Å². The van der Waals surface area contributed by atoms with Crippen molar-refractivity contribution in [3.8, 4) is 5.75 Å². The van der Waals surface area contributed by atoms with E-state index in [1.165, 1.54) is 44.0 Å². The van der Waals surface area contributed by atoms with Gasteiger partial charge in [0.2, 0.25) is 0 Å². The number of aromatic nitrogens is 1. The van der Waals surface area contributed by atoms with E-state index in [0.717, 1.165) is 38.8 Å². The number of nitrogens with zero attached hydrogens (tertiary/aromatic N) is 2. The van der Waals surface area contributed by atoms with Crippen molar-refractivity contribution in [3.63, 3.8) is 0 Å². The Balaban J connectivity index is 0.000000604. The highest BCUT2D eigenvalue weighted by Gasteiger charge is 2.38. The number of carbonyl (C=O) groups is 2. The molecular formula is C22H25ClF3N3O7S. The van der Waals surface area contributed by atoms with Crippen LogP contribution in [0.3, 0.4) is 0 Å². The fourth-order valence-corrected chi connectivity index (χ4v) is 4.92. The summed E-state index contributed by atoms with van der Waals surface area (Å²) in [7, 11) is -2.72. The average molecular weight is 568 g/mol. The number of hydrogen-bond acceptors (Lipinski definition) is 7. The van der Waals surface area contributed by atoms with E-state index in [2.05, 4.69) is 9.71 Å². The minimum Gasteiger partial charge on any atom is -0.495 e. The van der Waals surface area contributed by atoms with Gasteiger partial charge in [-0.2, -0.15) is 13.2 Å². The van der Waals surface area contributed by atoms with Gasteiger partial charge in [0.25, 0.3) is 10.0 Å². The number of sulfonamides is 1. The fourth-order valence-electron chi connectivity index (χ4n) is 3.45. The zero-order chi connectivity index (χ0) is 27.8. The molecule has 3 rings (SSSR count). The minimum atomic E-state index is -5.08. The van der Waals surface area contributed by atoms with Crippen LogP contribution in [0.4, 0.5) is 24.7 Å². The van der Waals surface area contributed by atoms with Crippen molar-refractivity contribution in [2.24, 2.45) is 0 Å². The van der Waals surface area contributed by atoms with Gasteiger partial charge in [-0.3, -0.25) is 4.72 Å². The summed E-state index contributed by atoms with van der Waals surface area (Å²) in [6.45, 7) is 1.44. The largest absolute Gasteiger partial charge is 0.495 e. The van der Waals surface area contributed by atoms with Gasteiger partial charge < -0.3 is 19.8 Å². The molecule has 37 heavy (non-hydrogen) atoms. The number of hydrogen-bond donors (Lipinski definition) is 3. The van der Waals surface area contributed by atoms with Gasteiger partial charge in [-0.25, -0.2) is 23.0 Å². The smallest absolute Gasteiger partial charge is 0.490 e. The van der Waals surface area contributed by atoms with Crippen molar-refractivity contribution >= 4 is 45.1 Å². The molecule has 0 bridgehead atoms.